The highest BCUT2D eigenvalue weighted by atomic mass is 28.2. The van der Waals surface area contributed by atoms with Gasteiger partial charge >= 0.3 is 12.7 Å². The van der Waals surface area contributed by atoms with Crippen molar-refractivity contribution in [1.29, 1.82) is 0 Å². The molecule has 5 rings (SSSR count). The third-order valence-electron chi connectivity index (χ3n) is 6.90. The summed E-state index contributed by atoms with van der Waals surface area (Å²) in [5.41, 5.74) is 4.49. The lowest BCUT2D eigenvalue weighted by molar-refractivity contribution is -0.153. The summed E-state index contributed by atoms with van der Waals surface area (Å²) in [6.07, 6.45) is -4.60. The molecule has 3 heterocycles. The topological polar surface area (TPSA) is 61.1 Å². The third kappa shape index (κ3) is 4.12. The molecule has 0 N–H and O–H groups in total. The van der Waals surface area contributed by atoms with Gasteiger partial charge < -0.3 is 23.2 Å². The summed E-state index contributed by atoms with van der Waals surface area (Å²) in [5, 5.41) is 0. The number of rotatable bonds is 4. The van der Waals surface area contributed by atoms with Crippen LogP contribution in [0.15, 0.2) is 40.8 Å². The lowest BCUT2D eigenvalue weighted by atomic mass is 9.74. The molecule has 2 unspecified atom stereocenters. The zero-order chi connectivity index (χ0) is 26.9. The third-order valence-corrected chi connectivity index (χ3v) is 7.29. The zero-order valence-corrected chi connectivity index (χ0v) is 23.4. The lowest BCUT2D eigenvalue weighted by Crippen LogP contribution is -2.30. The molecule has 0 saturated heterocycles. The highest BCUT2D eigenvalue weighted by Crippen LogP contribution is 2.53. The van der Waals surface area contributed by atoms with Crippen molar-refractivity contribution >= 4 is 22.1 Å². The molecule has 10 heteroatoms. The maximum Gasteiger partial charge on any atom is 0.449 e. The van der Waals surface area contributed by atoms with E-state index in [0.29, 0.717) is 27.7 Å². The summed E-state index contributed by atoms with van der Waals surface area (Å²) >= 11 is 0. The van der Waals surface area contributed by atoms with E-state index in [2.05, 4.69) is 20.8 Å². The predicted octanol–water partition coefficient (Wildman–Crippen LogP) is 5.24. The number of carbonyl (C=O) groups is 1. The van der Waals surface area contributed by atoms with Crippen molar-refractivity contribution in [3.8, 4) is 11.5 Å². The van der Waals surface area contributed by atoms with Gasteiger partial charge in [-0.15, -0.1) is 0 Å². The molecule has 1 aromatic heterocycles. The molecule has 37 heavy (non-hydrogen) atoms. The van der Waals surface area contributed by atoms with Crippen LogP contribution in [-0.4, -0.2) is 22.9 Å². The minimum absolute atomic E-state index is 0.0536. The van der Waals surface area contributed by atoms with E-state index in [1.54, 1.807) is 12.1 Å². The Hall–Kier alpha value is -3.24. The number of halogens is 3. The van der Waals surface area contributed by atoms with E-state index >= 15 is 0 Å². The van der Waals surface area contributed by atoms with Crippen molar-refractivity contribution < 1.29 is 36.3 Å². The Morgan fingerprint density at radius 1 is 1.00 bits per heavy atom. The number of para-hydroxylation sites is 1. The van der Waals surface area contributed by atoms with Crippen LogP contribution in [0.5, 0.6) is 11.5 Å². The number of furan rings is 1. The number of carbonyl (C=O) groups excluding carboxylic acids is 1. The van der Waals surface area contributed by atoms with Gasteiger partial charge in [0.1, 0.15) is 5.76 Å². The fourth-order valence-corrected chi connectivity index (χ4v) is 5.68. The number of anilines is 1. The van der Waals surface area contributed by atoms with Crippen molar-refractivity contribution in [2.45, 2.75) is 65.1 Å². The number of fused-ring (bicyclic) bond motifs is 2. The number of hydrogen-bond acceptors (Lipinski definition) is 5. The standard InChI is InChI=1S/C27H28F3NO5Si/c1-13-19(21(26(3,4)5)14(2)23-22(13)34-25(35-23)36-37)20-16-8-6-7-9-17(16)31(24(20)32)12-15-10-11-18(33-15)27(28,29)30/h6-11,20,25H,12H2,1-5,37H3. The molecule has 1 amide bonds. The molecule has 3 aromatic rings. The maximum atomic E-state index is 14.1. The SMILES string of the molecule is Cc1c2c(c(C)c(C(C)(C)C)c1C1C(=O)N(Cc3ccc(C(F)(F)F)o3)c3ccccc31)OC(O[SiH3])O2. The van der Waals surface area contributed by atoms with Gasteiger partial charge in [-0.2, -0.15) is 13.2 Å². The van der Waals surface area contributed by atoms with Crippen LogP contribution in [0.25, 0.3) is 0 Å². The van der Waals surface area contributed by atoms with Crippen LogP contribution in [0, 0.1) is 13.8 Å². The largest absolute Gasteiger partial charge is 0.455 e. The van der Waals surface area contributed by atoms with Crippen LogP contribution in [0.4, 0.5) is 18.9 Å². The van der Waals surface area contributed by atoms with Gasteiger partial charge in [-0.25, -0.2) is 0 Å². The summed E-state index contributed by atoms with van der Waals surface area (Å²) < 4.78 is 61.7. The van der Waals surface area contributed by atoms with Crippen LogP contribution in [0.2, 0.25) is 0 Å². The van der Waals surface area contributed by atoms with Crippen molar-refractivity contribution in [3.05, 3.63) is 75.7 Å². The molecule has 0 radical (unpaired) electrons. The van der Waals surface area contributed by atoms with Gasteiger partial charge in [-0.05, 0) is 65.3 Å². The van der Waals surface area contributed by atoms with Gasteiger partial charge in [0.25, 0.3) is 0 Å². The Bertz CT molecular complexity index is 1390. The van der Waals surface area contributed by atoms with E-state index < -0.39 is 24.3 Å². The molecule has 0 bridgehead atoms. The Kier molecular flexibility index (Phi) is 5.95. The number of nitrogens with zero attached hydrogens (tertiary/aromatic N) is 1. The summed E-state index contributed by atoms with van der Waals surface area (Å²) in [4.78, 5) is 15.6. The molecular formula is C27H28F3NO5Si. The second-order valence-corrected chi connectivity index (χ2v) is 10.9. The van der Waals surface area contributed by atoms with Crippen molar-refractivity contribution in [1.82, 2.24) is 0 Å². The minimum atomic E-state index is -4.60. The molecule has 0 aliphatic carbocycles. The van der Waals surface area contributed by atoms with Crippen LogP contribution in [0.3, 0.4) is 0 Å². The average molecular weight is 532 g/mol. The van der Waals surface area contributed by atoms with Gasteiger partial charge in [-0.1, -0.05) is 39.0 Å². The Morgan fingerprint density at radius 3 is 2.24 bits per heavy atom. The molecule has 6 nitrogen and oxygen atoms in total. The van der Waals surface area contributed by atoms with Crippen LogP contribution in [-0.2, 0) is 27.4 Å². The van der Waals surface area contributed by atoms with Gasteiger partial charge in [-0.3, -0.25) is 4.79 Å². The van der Waals surface area contributed by atoms with Crippen LogP contribution < -0.4 is 14.4 Å². The van der Waals surface area contributed by atoms with E-state index in [-0.39, 0.29) is 23.6 Å². The van der Waals surface area contributed by atoms with Gasteiger partial charge in [0.2, 0.25) is 11.7 Å². The molecule has 2 atom stereocenters. The maximum absolute atomic E-state index is 14.1. The Balaban J connectivity index is 1.65. The van der Waals surface area contributed by atoms with E-state index in [1.807, 2.05) is 26.0 Å². The second kappa shape index (κ2) is 8.66. The average Bonchev–Trinajstić information content (AvgIpc) is 3.53. The quantitative estimate of drug-likeness (QED) is 0.431. The molecular weight excluding hydrogens is 503 g/mol. The van der Waals surface area contributed by atoms with Gasteiger partial charge in [0, 0.05) is 5.69 Å². The lowest BCUT2D eigenvalue weighted by Gasteiger charge is -2.30. The number of alkyl halides is 3. The fraction of sp³-hybridized carbons (Fsp3) is 0.370. The molecule has 0 fully saturated rings. The zero-order valence-electron chi connectivity index (χ0n) is 21.4. The summed E-state index contributed by atoms with van der Waals surface area (Å²) in [6, 6.07) is 9.50. The van der Waals surface area contributed by atoms with Crippen LogP contribution in [0.1, 0.15) is 66.0 Å². The number of amides is 1. The van der Waals surface area contributed by atoms with Gasteiger partial charge in [0.15, 0.2) is 22.0 Å². The Morgan fingerprint density at radius 2 is 1.65 bits per heavy atom. The number of ether oxygens (including phenoxy) is 2. The first kappa shape index (κ1) is 25.4. The first-order valence-electron chi connectivity index (χ1n) is 11.9. The van der Waals surface area contributed by atoms with Crippen molar-refractivity contribution in [2.75, 3.05) is 4.90 Å². The second-order valence-electron chi connectivity index (χ2n) is 10.4. The van der Waals surface area contributed by atoms with Crippen LogP contribution >= 0.6 is 0 Å². The first-order chi connectivity index (χ1) is 17.3. The predicted molar refractivity (Wildman–Crippen MR) is 134 cm³/mol. The molecule has 0 spiro atoms. The van der Waals surface area contributed by atoms with Gasteiger partial charge in [0.05, 0.1) is 12.5 Å². The highest BCUT2D eigenvalue weighted by molar-refractivity contribution is 6.07. The molecule has 0 saturated carbocycles. The minimum Gasteiger partial charge on any atom is -0.455 e. The van der Waals surface area contributed by atoms with E-state index in [9.17, 15) is 18.0 Å². The molecule has 2 aromatic carbocycles. The fourth-order valence-electron chi connectivity index (χ4n) is 5.49. The molecule has 2 aliphatic rings. The summed E-state index contributed by atoms with van der Waals surface area (Å²) in [6.45, 7) is 9.14. The normalized spacial score (nSPS) is 19.1. The summed E-state index contributed by atoms with van der Waals surface area (Å²) in [7, 11) is 0.423. The van der Waals surface area contributed by atoms with E-state index in [4.69, 9.17) is 18.3 Å². The molecule has 2 aliphatic heterocycles. The molecule has 196 valence electrons. The summed E-state index contributed by atoms with van der Waals surface area (Å²) in [5.74, 6) is -0.798. The number of hydrogen-bond donors (Lipinski definition) is 0. The van der Waals surface area contributed by atoms with Crippen molar-refractivity contribution in [2.24, 2.45) is 0 Å². The van der Waals surface area contributed by atoms with E-state index in [0.717, 1.165) is 33.9 Å². The highest BCUT2D eigenvalue weighted by Gasteiger charge is 2.45. The number of benzene rings is 2. The van der Waals surface area contributed by atoms with E-state index in [1.165, 1.54) is 11.0 Å². The van der Waals surface area contributed by atoms with Crippen molar-refractivity contribution in [3.63, 3.8) is 0 Å². The Labute approximate surface area is 215 Å². The first-order valence-corrected chi connectivity index (χ1v) is 12.7. The monoisotopic (exact) mass is 531 g/mol. The smallest absolute Gasteiger partial charge is 0.449 e.